The molecule has 8 heteroatoms. The van der Waals surface area contributed by atoms with Crippen LogP contribution in [0.2, 0.25) is 0 Å². The molecular weight excluding hydrogens is 384 g/mol. The van der Waals surface area contributed by atoms with Crippen LogP contribution in [0.1, 0.15) is 29.0 Å². The minimum absolute atomic E-state index is 0.0213. The minimum atomic E-state index is -1.05. The normalized spacial score (nSPS) is 15.1. The van der Waals surface area contributed by atoms with Gasteiger partial charge in [0.15, 0.2) is 11.3 Å². The monoisotopic (exact) mass is 410 g/mol. The number of benzene rings is 1. The highest BCUT2D eigenvalue weighted by molar-refractivity contribution is 5.98. The Hall–Kier alpha value is -2.97. The van der Waals surface area contributed by atoms with Gasteiger partial charge in [-0.25, -0.2) is 14.5 Å². The van der Waals surface area contributed by atoms with Crippen molar-refractivity contribution in [3.63, 3.8) is 0 Å². The highest BCUT2D eigenvalue weighted by Crippen LogP contribution is 2.33. The lowest BCUT2D eigenvalue weighted by molar-refractivity contribution is 0.00612. The first-order valence-electron chi connectivity index (χ1n) is 10.1. The van der Waals surface area contributed by atoms with Crippen LogP contribution < -0.4 is 4.90 Å². The van der Waals surface area contributed by atoms with Gasteiger partial charge in [0.05, 0.1) is 41.8 Å². The summed E-state index contributed by atoms with van der Waals surface area (Å²) in [6, 6.07) is 11.3. The summed E-state index contributed by atoms with van der Waals surface area (Å²) in [6.45, 7) is 4.68. The SMILES string of the molecule is COCCOC1CCN(c2cc(C(=O)O)nc3c2c(C)nn3-c2ccccc2)CC1. The summed E-state index contributed by atoms with van der Waals surface area (Å²) in [5.41, 5.74) is 3.13. The number of pyridine rings is 1. The number of hydrogen-bond acceptors (Lipinski definition) is 6. The van der Waals surface area contributed by atoms with E-state index in [0.717, 1.165) is 48.4 Å². The first kappa shape index (κ1) is 20.3. The number of carboxylic acids is 1. The second kappa shape index (κ2) is 8.81. The maximum Gasteiger partial charge on any atom is 0.354 e. The van der Waals surface area contributed by atoms with Crippen molar-refractivity contribution < 1.29 is 19.4 Å². The standard InChI is InChI=1S/C22H26N4O4/c1-15-20-19(25-10-8-17(9-11-25)30-13-12-29-2)14-18(22(27)28)23-21(20)26(24-15)16-6-4-3-5-7-16/h3-7,14,17H,8-13H2,1-2H3,(H,27,28). The van der Waals surface area contributed by atoms with Crippen molar-refractivity contribution in [2.24, 2.45) is 0 Å². The Morgan fingerprint density at radius 2 is 1.93 bits per heavy atom. The maximum atomic E-state index is 11.8. The number of aromatic carboxylic acids is 1. The average Bonchev–Trinajstić information content (AvgIpc) is 3.11. The number of methoxy groups -OCH3 is 1. The smallest absolute Gasteiger partial charge is 0.354 e. The molecule has 0 amide bonds. The molecule has 1 aliphatic heterocycles. The maximum absolute atomic E-state index is 11.8. The third kappa shape index (κ3) is 4.01. The summed E-state index contributed by atoms with van der Waals surface area (Å²) in [5.74, 6) is -1.05. The fourth-order valence-electron chi connectivity index (χ4n) is 3.94. The van der Waals surface area contributed by atoms with Crippen LogP contribution in [0.25, 0.3) is 16.7 Å². The van der Waals surface area contributed by atoms with Gasteiger partial charge in [-0.05, 0) is 38.0 Å². The number of anilines is 1. The van der Waals surface area contributed by atoms with Crippen LogP contribution in [0.3, 0.4) is 0 Å². The zero-order chi connectivity index (χ0) is 21.1. The van der Waals surface area contributed by atoms with Crippen LogP contribution in [0, 0.1) is 6.92 Å². The Morgan fingerprint density at radius 1 is 1.20 bits per heavy atom. The molecule has 158 valence electrons. The van der Waals surface area contributed by atoms with E-state index < -0.39 is 5.97 Å². The van der Waals surface area contributed by atoms with Gasteiger partial charge in [0, 0.05) is 20.2 Å². The van der Waals surface area contributed by atoms with Gasteiger partial charge in [0.25, 0.3) is 0 Å². The van der Waals surface area contributed by atoms with Crippen LogP contribution >= 0.6 is 0 Å². The van der Waals surface area contributed by atoms with Crippen LogP contribution in [-0.4, -0.2) is 65.4 Å². The van der Waals surface area contributed by atoms with Crippen LogP contribution in [0.4, 0.5) is 5.69 Å². The zero-order valence-electron chi connectivity index (χ0n) is 17.2. The molecule has 2 aromatic heterocycles. The van der Waals surface area contributed by atoms with Crippen LogP contribution in [0.5, 0.6) is 0 Å². The molecule has 1 N–H and O–H groups in total. The quantitative estimate of drug-likeness (QED) is 0.599. The van der Waals surface area contributed by atoms with E-state index in [4.69, 9.17) is 9.47 Å². The number of piperidine rings is 1. The Labute approximate surface area is 175 Å². The number of fused-ring (bicyclic) bond motifs is 1. The molecule has 1 aliphatic rings. The third-order valence-corrected chi connectivity index (χ3v) is 5.44. The van der Waals surface area contributed by atoms with Crippen LogP contribution in [0.15, 0.2) is 36.4 Å². The Balaban J connectivity index is 1.70. The van der Waals surface area contributed by atoms with E-state index >= 15 is 0 Å². The second-order valence-corrected chi connectivity index (χ2v) is 7.41. The van der Waals surface area contributed by atoms with Gasteiger partial charge in [-0.2, -0.15) is 5.10 Å². The number of ether oxygens (including phenoxy) is 2. The summed E-state index contributed by atoms with van der Waals surface area (Å²) in [7, 11) is 1.67. The number of carboxylic acid groups (broad SMARTS) is 1. The lowest BCUT2D eigenvalue weighted by Crippen LogP contribution is -2.37. The third-order valence-electron chi connectivity index (χ3n) is 5.44. The summed E-state index contributed by atoms with van der Waals surface area (Å²) in [5, 5.41) is 15.2. The summed E-state index contributed by atoms with van der Waals surface area (Å²) < 4.78 is 12.6. The summed E-state index contributed by atoms with van der Waals surface area (Å²) >= 11 is 0. The molecule has 30 heavy (non-hydrogen) atoms. The molecule has 0 atom stereocenters. The van der Waals surface area contributed by atoms with E-state index in [2.05, 4.69) is 15.0 Å². The van der Waals surface area contributed by atoms with E-state index in [1.807, 2.05) is 37.3 Å². The average molecular weight is 410 g/mol. The molecule has 4 rings (SSSR count). The molecule has 1 fully saturated rings. The Kier molecular flexibility index (Phi) is 5.96. The molecule has 0 bridgehead atoms. The first-order valence-corrected chi connectivity index (χ1v) is 10.1. The minimum Gasteiger partial charge on any atom is -0.477 e. The Morgan fingerprint density at radius 3 is 2.60 bits per heavy atom. The summed E-state index contributed by atoms with van der Waals surface area (Å²) in [6.07, 6.45) is 1.95. The van der Waals surface area contributed by atoms with E-state index in [0.29, 0.717) is 18.9 Å². The van der Waals surface area contributed by atoms with Gasteiger partial charge in [-0.3, -0.25) is 0 Å². The molecule has 3 aromatic rings. The van der Waals surface area contributed by atoms with Crippen molar-refractivity contribution >= 4 is 22.7 Å². The highest BCUT2D eigenvalue weighted by atomic mass is 16.5. The number of hydrogen-bond donors (Lipinski definition) is 1. The molecule has 0 aliphatic carbocycles. The number of rotatable bonds is 7. The van der Waals surface area contributed by atoms with Crippen molar-refractivity contribution in [1.82, 2.24) is 14.8 Å². The summed E-state index contributed by atoms with van der Waals surface area (Å²) in [4.78, 5) is 18.4. The van der Waals surface area contributed by atoms with Crippen molar-refractivity contribution in [3.05, 3.63) is 47.8 Å². The predicted octanol–water partition coefficient (Wildman–Crippen LogP) is 3.06. The molecular formula is C22H26N4O4. The van der Waals surface area contributed by atoms with E-state index in [1.165, 1.54) is 0 Å². The van der Waals surface area contributed by atoms with Gasteiger partial charge < -0.3 is 19.5 Å². The largest absolute Gasteiger partial charge is 0.477 e. The topological polar surface area (TPSA) is 89.7 Å². The van der Waals surface area contributed by atoms with Crippen molar-refractivity contribution in [3.8, 4) is 5.69 Å². The molecule has 3 heterocycles. The lowest BCUT2D eigenvalue weighted by Gasteiger charge is -2.34. The number of aryl methyl sites for hydroxylation is 1. The number of nitrogens with zero attached hydrogens (tertiary/aromatic N) is 4. The fourth-order valence-corrected chi connectivity index (χ4v) is 3.94. The number of aromatic nitrogens is 3. The molecule has 0 radical (unpaired) electrons. The van der Waals surface area contributed by atoms with Gasteiger partial charge in [0.2, 0.25) is 0 Å². The fraction of sp³-hybridized carbons (Fsp3) is 0.409. The number of carbonyl (C=O) groups is 1. The molecule has 8 nitrogen and oxygen atoms in total. The molecule has 0 spiro atoms. The molecule has 0 unspecified atom stereocenters. The number of para-hydroxylation sites is 1. The van der Waals surface area contributed by atoms with E-state index in [9.17, 15) is 9.90 Å². The lowest BCUT2D eigenvalue weighted by atomic mass is 10.1. The zero-order valence-corrected chi connectivity index (χ0v) is 17.2. The first-order chi connectivity index (χ1) is 14.6. The van der Waals surface area contributed by atoms with Gasteiger partial charge in [0.1, 0.15) is 0 Å². The predicted molar refractivity (Wildman–Crippen MR) is 114 cm³/mol. The van der Waals surface area contributed by atoms with Gasteiger partial charge in [-0.1, -0.05) is 18.2 Å². The molecule has 0 saturated carbocycles. The van der Waals surface area contributed by atoms with Crippen molar-refractivity contribution in [1.29, 1.82) is 0 Å². The molecule has 1 aromatic carbocycles. The van der Waals surface area contributed by atoms with E-state index in [-0.39, 0.29) is 11.8 Å². The molecule has 1 saturated heterocycles. The van der Waals surface area contributed by atoms with Gasteiger partial charge in [-0.15, -0.1) is 0 Å². The van der Waals surface area contributed by atoms with Gasteiger partial charge >= 0.3 is 5.97 Å². The second-order valence-electron chi connectivity index (χ2n) is 7.41. The van der Waals surface area contributed by atoms with Crippen molar-refractivity contribution in [2.75, 3.05) is 38.3 Å². The highest BCUT2D eigenvalue weighted by Gasteiger charge is 2.25. The Bertz CT molecular complexity index is 1030. The van der Waals surface area contributed by atoms with Crippen molar-refractivity contribution in [2.45, 2.75) is 25.9 Å². The van der Waals surface area contributed by atoms with Crippen LogP contribution in [-0.2, 0) is 9.47 Å². The van der Waals surface area contributed by atoms with E-state index in [1.54, 1.807) is 17.9 Å².